The first-order valence-electron chi connectivity index (χ1n) is 9.38. The number of carbonyl (C=O) groups is 3. The minimum Gasteiger partial charge on any atom is -0.298 e. The lowest BCUT2D eigenvalue weighted by Crippen LogP contribution is -2.36. The van der Waals surface area contributed by atoms with E-state index in [-0.39, 0.29) is 42.8 Å². The summed E-state index contributed by atoms with van der Waals surface area (Å²) in [6.07, 6.45) is -2.97. The molecule has 0 bridgehead atoms. The zero-order valence-electron chi connectivity index (χ0n) is 15.3. The van der Waals surface area contributed by atoms with Gasteiger partial charge in [-0.2, -0.15) is 13.2 Å². The Labute approximate surface area is 162 Å². The van der Waals surface area contributed by atoms with Crippen molar-refractivity contribution in [3.8, 4) is 0 Å². The number of hydrogen-bond donors (Lipinski definition) is 0. The van der Waals surface area contributed by atoms with E-state index in [2.05, 4.69) is 4.98 Å². The SMILES string of the molecule is O=C1CCCC(=O)C1C(=O)c1cc2ccc(=O)n(CC3CC3)c2nc1C(F)(F)F. The second kappa shape index (κ2) is 6.89. The van der Waals surface area contributed by atoms with Crippen molar-refractivity contribution in [3.63, 3.8) is 0 Å². The zero-order valence-corrected chi connectivity index (χ0v) is 15.3. The second-order valence-electron chi connectivity index (χ2n) is 7.60. The zero-order chi connectivity index (χ0) is 20.9. The van der Waals surface area contributed by atoms with Crippen molar-refractivity contribution in [1.82, 2.24) is 9.55 Å². The summed E-state index contributed by atoms with van der Waals surface area (Å²) in [5, 5.41) is 0.178. The molecule has 6 nitrogen and oxygen atoms in total. The third kappa shape index (κ3) is 3.61. The van der Waals surface area contributed by atoms with Gasteiger partial charge in [0.05, 0.1) is 5.56 Å². The molecule has 9 heteroatoms. The molecule has 0 amide bonds. The van der Waals surface area contributed by atoms with Crippen molar-refractivity contribution in [2.45, 2.75) is 44.8 Å². The van der Waals surface area contributed by atoms with E-state index in [9.17, 15) is 32.3 Å². The third-order valence-corrected chi connectivity index (χ3v) is 5.38. The highest BCUT2D eigenvalue weighted by Crippen LogP contribution is 2.35. The lowest BCUT2D eigenvalue weighted by atomic mass is 9.81. The van der Waals surface area contributed by atoms with E-state index in [0.29, 0.717) is 0 Å². The molecule has 2 aromatic rings. The van der Waals surface area contributed by atoms with E-state index in [0.717, 1.165) is 18.9 Å². The topological polar surface area (TPSA) is 86.1 Å². The smallest absolute Gasteiger partial charge is 0.298 e. The number of hydrogen-bond acceptors (Lipinski definition) is 5. The van der Waals surface area contributed by atoms with Crippen molar-refractivity contribution in [2.24, 2.45) is 11.8 Å². The van der Waals surface area contributed by atoms with Crippen LogP contribution in [0.25, 0.3) is 11.0 Å². The number of rotatable bonds is 4. The fourth-order valence-electron chi connectivity index (χ4n) is 3.71. The van der Waals surface area contributed by atoms with Crippen molar-refractivity contribution in [1.29, 1.82) is 0 Å². The molecule has 2 saturated carbocycles. The molecule has 0 N–H and O–H groups in total. The van der Waals surface area contributed by atoms with Gasteiger partial charge in [0, 0.05) is 30.8 Å². The summed E-state index contributed by atoms with van der Waals surface area (Å²) in [6.45, 7) is 0.257. The monoisotopic (exact) mass is 406 g/mol. The van der Waals surface area contributed by atoms with Crippen LogP contribution in [-0.2, 0) is 22.3 Å². The summed E-state index contributed by atoms with van der Waals surface area (Å²) >= 11 is 0. The van der Waals surface area contributed by atoms with E-state index < -0.39 is 46.3 Å². The van der Waals surface area contributed by atoms with Gasteiger partial charge in [0.1, 0.15) is 11.6 Å². The largest absolute Gasteiger partial charge is 0.434 e. The summed E-state index contributed by atoms with van der Waals surface area (Å²) in [5.41, 5.74) is -2.91. The molecule has 0 radical (unpaired) electrons. The number of pyridine rings is 2. The molecule has 0 atom stereocenters. The number of fused-ring (bicyclic) bond motifs is 1. The van der Waals surface area contributed by atoms with Gasteiger partial charge in [0.25, 0.3) is 5.56 Å². The summed E-state index contributed by atoms with van der Waals surface area (Å²) in [6, 6.07) is 3.51. The average molecular weight is 406 g/mol. The van der Waals surface area contributed by atoms with Crippen molar-refractivity contribution in [3.05, 3.63) is 39.8 Å². The van der Waals surface area contributed by atoms with E-state index in [1.807, 2.05) is 0 Å². The predicted octanol–water partition coefficient (Wildman–Crippen LogP) is 2.95. The lowest BCUT2D eigenvalue weighted by Gasteiger charge is -2.20. The maximum absolute atomic E-state index is 13.7. The molecular formula is C20H17F3N2O4. The minimum atomic E-state index is -4.99. The summed E-state index contributed by atoms with van der Waals surface area (Å²) < 4.78 is 42.4. The van der Waals surface area contributed by atoms with E-state index in [4.69, 9.17) is 0 Å². The second-order valence-corrected chi connectivity index (χ2v) is 7.60. The molecule has 0 aliphatic heterocycles. The first-order chi connectivity index (χ1) is 13.7. The lowest BCUT2D eigenvalue weighted by molar-refractivity contribution is -0.142. The molecule has 0 unspecified atom stereocenters. The van der Waals surface area contributed by atoms with Crippen molar-refractivity contribution in [2.75, 3.05) is 0 Å². The van der Waals surface area contributed by atoms with Gasteiger partial charge in [-0.05, 0) is 37.3 Å². The highest BCUT2D eigenvalue weighted by molar-refractivity contribution is 6.25. The van der Waals surface area contributed by atoms with Gasteiger partial charge >= 0.3 is 6.18 Å². The summed E-state index contributed by atoms with van der Waals surface area (Å²) in [4.78, 5) is 52.8. The first kappa shape index (κ1) is 19.5. The molecule has 2 aliphatic carbocycles. The highest BCUT2D eigenvalue weighted by atomic mass is 19.4. The van der Waals surface area contributed by atoms with Gasteiger partial charge in [0.2, 0.25) is 0 Å². The summed E-state index contributed by atoms with van der Waals surface area (Å²) in [7, 11) is 0. The Morgan fingerprint density at radius 3 is 2.34 bits per heavy atom. The molecule has 0 spiro atoms. The fourth-order valence-corrected chi connectivity index (χ4v) is 3.71. The quantitative estimate of drug-likeness (QED) is 0.576. The van der Waals surface area contributed by atoms with Crippen LogP contribution in [0.5, 0.6) is 0 Å². The van der Waals surface area contributed by atoms with Crippen molar-refractivity contribution >= 4 is 28.4 Å². The number of carbonyl (C=O) groups excluding carboxylic acids is 3. The molecular weight excluding hydrogens is 389 g/mol. The van der Waals surface area contributed by atoms with Crippen LogP contribution in [0.3, 0.4) is 0 Å². The normalized spacial score (nSPS) is 18.4. The number of alkyl halides is 3. The standard InChI is InChI=1S/C20H17F3N2O4/c21-20(22,23)18-12(17(29)16-13(26)2-1-3-14(16)27)8-11-6-7-15(28)25(19(11)24-18)9-10-4-5-10/h6-8,10,16H,1-5,9H2. The van der Waals surface area contributed by atoms with Gasteiger partial charge < -0.3 is 0 Å². The first-order valence-corrected chi connectivity index (χ1v) is 9.38. The van der Waals surface area contributed by atoms with Crippen LogP contribution < -0.4 is 5.56 Å². The molecule has 4 rings (SSSR count). The molecule has 0 saturated heterocycles. The maximum atomic E-state index is 13.7. The average Bonchev–Trinajstić information content (AvgIpc) is 3.46. The Bertz CT molecular complexity index is 1080. The van der Waals surface area contributed by atoms with Crippen LogP contribution in [0.15, 0.2) is 23.0 Å². The molecule has 2 aliphatic rings. The Hall–Kier alpha value is -2.84. The van der Waals surface area contributed by atoms with Crippen LogP contribution in [0.1, 0.15) is 48.2 Å². The van der Waals surface area contributed by atoms with E-state index in [1.54, 1.807) is 0 Å². The molecule has 0 aromatic carbocycles. The van der Waals surface area contributed by atoms with Crippen LogP contribution in [0.4, 0.5) is 13.2 Å². The van der Waals surface area contributed by atoms with Crippen LogP contribution in [0, 0.1) is 11.8 Å². The maximum Gasteiger partial charge on any atom is 0.434 e. The van der Waals surface area contributed by atoms with Gasteiger partial charge in [-0.3, -0.25) is 23.7 Å². The Balaban J connectivity index is 1.90. The molecule has 152 valence electrons. The Morgan fingerprint density at radius 2 is 1.76 bits per heavy atom. The van der Waals surface area contributed by atoms with Crippen molar-refractivity contribution < 1.29 is 27.6 Å². The predicted molar refractivity (Wildman–Crippen MR) is 95.4 cm³/mol. The number of aromatic nitrogens is 2. The number of Topliss-reactive ketones (excluding diaryl/α,β-unsaturated/α-hetero) is 3. The Morgan fingerprint density at radius 1 is 1.10 bits per heavy atom. The van der Waals surface area contributed by atoms with Crippen LogP contribution in [-0.4, -0.2) is 26.9 Å². The molecule has 2 heterocycles. The fraction of sp³-hybridized carbons (Fsp3) is 0.450. The third-order valence-electron chi connectivity index (χ3n) is 5.38. The van der Waals surface area contributed by atoms with Gasteiger partial charge in [0.15, 0.2) is 23.0 Å². The highest BCUT2D eigenvalue weighted by Gasteiger charge is 2.43. The minimum absolute atomic E-state index is 0.0224. The molecule has 2 fully saturated rings. The molecule has 2 aromatic heterocycles. The van der Waals surface area contributed by atoms with E-state index >= 15 is 0 Å². The van der Waals surface area contributed by atoms with Gasteiger partial charge in [-0.1, -0.05) is 0 Å². The van der Waals surface area contributed by atoms with Gasteiger partial charge in [-0.25, -0.2) is 4.98 Å². The number of nitrogens with zero attached hydrogens (tertiary/aromatic N) is 2. The van der Waals surface area contributed by atoms with Gasteiger partial charge in [-0.15, -0.1) is 0 Å². The number of ketones is 3. The van der Waals surface area contributed by atoms with E-state index in [1.165, 1.54) is 16.7 Å². The molecule has 29 heavy (non-hydrogen) atoms. The van der Waals surface area contributed by atoms with Crippen LogP contribution >= 0.6 is 0 Å². The number of halogens is 3. The van der Waals surface area contributed by atoms with Crippen LogP contribution in [0.2, 0.25) is 0 Å². The Kier molecular flexibility index (Phi) is 4.63. The summed E-state index contributed by atoms with van der Waals surface area (Å²) in [5.74, 6) is -4.02.